The van der Waals surface area contributed by atoms with Gasteiger partial charge in [-0.2, -0.15) is 0 Å². The van der Waals surface area contributed by atoms with Gasteiger partial charge >= 0.3 is 0 Å². The largest absolute Gasteiger partial charge is 0.495 e. The quantitative estimate of drug-likeness (QED) is 0.520. The van der Waals surface area contributed by atoms with Crippen LogP contribution in [0.15, 0.2) is 83.5 Å². The van der Waals surface area contributed by atoms with Gasteiger partial charge in [-0.1, -0.05) is 48.0 Å². The molecule has 0 radical (unpaired) electrons. The lowest BCUT2D eigenvalue weighted by Crippen LogP contribution is -2.32. The SMILES string of the molecule is COc1ccccc1NC(=O)c1cccc(NC2=C(Cl)C(=O)N(c3ccccc3C)C2=O)c1. The Bertz CT molecular complexity index is 1300. The van der Waals surface area contributed by atoms with Gasteiger partial charge in [0.15, 0.2) is 0 Å². The number of rotatable bonds is 6. The molecule has 3 aromatic carbocycles. The van der Waals surface area contributed by atoms with Gasteiger partial charge in [0.1, 0.15) is 16.5 Å². The number of carbonyl (C=O) groups is 3. The predicted octanol–water partition coefficient (Wildman–Crippen LogP) is 4.69. The number of amides is 3. The highest BCUT2D eigenvalue weighted by Gasteiger charge is 2.39. The highest BCUT2D eigenvalue weighted by atomic mass is 35.5. The number of benzene rings is 3. The van der Waals surface area contributed by atoms with E-state index < -0.39 is 11.8 Å². The summed E-state index contributed by atoms with van der Waals surface area (Å²) in [7, 11) is 1.52. The molecule has 0 atom stereocenters. The average Bonchev–Trinajstić information content (AvgIpc) is 3.03. The van der Waals surface area contributed by atoms with Gasteiger partial charge in [0.25, 0.3) is 17.7 Å². The summed E-state index contributed by atoms with van der Waals surface area (Å²) in [5.41, 5.74) is 2.48. The lowest BCUT2D eigenvalue weighted by molar-refractivity contribution is -0.120. The molecule has 0 fully saturated rings. The number of hydrogen-bond acceptors (Lipinski definition) is 5. The highest BCUT2D eigenvalue weighted by molar-refractivity contribution is 6.53. The third-order valence-electron chi connectivity index (χ3n) is 5.13. The van der Waals surface area contributed by atoms with E-state index in [-0.39, 0.29) is 16.6 Å². The van der Waals surface area contributed by atoms with Crippen molar-refractivity contribution in [1.82, 2.24) is 0 Å². The van der Waals surface area contributed by atoms with Gasteiger partial charge in [-0.05, 0) is 48.9 Å². The summed E-state index contributed by atoms with van der Waals surface area (Å²) in [6, 6.07) is 20.6. The van der Waals surface area contributed by atoms with Crippen LogP contribution in [-0.2, 0) is 9.59 Å². The fourth-order valence-corrected chi connectivity index (χ4v) is 3.68. The minimum Gasteiger partial charge on any atom is -0.495 e. The van der Waals surface area contributed by atoms with E-state index in [4.69, 9.17) is 16.3 Å². The third-order valence-corrected chi connectivity index (χ3v) is 5.48. The van der Waals surface area contributed by atoms with Crippen LogP contribution in [0.25, 0.3) is 0 Å². The molecule has 0 bridgehead atoms. The Morgan fingerprint density at radius 1 is 0.939 bits per heavy atom. The van der Waals surface area contributed by atoms with Crippen LogP contribution in [0, 0.1) is 6.92 Å². The number of ether oxygens (including phenoxy) is 1. The Kier molecular flexibility index (Phi) is 6.15. The lowest BCUT2D eigenvalue weighted by atomic mass is 10.1. The number of nitrogens with zero attached hydrogens (tertiary/aromatic N) is 1. The topological polar surface area (TPSA) is 87.7 Å². The van der Waals surface area contributed by atoms with Crippen molar-refractivity contribution in [3.63, 3.8) is 0 Å². The molecule has 8 heteroatoms. The van der Waals surface area contributed by atoms with E-state index in [1.807, 2.05) is 6.07 Å². The second-order valence-electron chi connectivity index (χ2n) is 7.28. The Balaban J connectivity index is 1.56. The van der Waals surface area contributed by atoms with Gasteiger partial charge < -0.3 is 15.4 Å². The maximum Gasteiger partial charge on any atom is 0.283 e. The molecule has 4 rings (SSSR count). The number of carbonyl (C=O) groups excluding carboxylic acids is 3. The van der Waals surface area contributed by atoms with Gasteiger partial charge in [-0.15, -0.1) is 0 Å². The van der Waals surface area contributed by atoms with Crippen LogP contribution in [0.5, 0.6) is 5.75 Å². The van der Waals surface area contributed by atoms with Crippen molar-refractivity contribution in [2.24, 2.45) is 0 Å². The van der Waals surface area contributed by atoms with Crippen molar-refractivity contribution >= 4 is 46.4 Å². The van der Waals surface area contributed by atoms with Crippen molar-refractivity contribution in [2.75, 3.05) is 22.6 Å². The first kappa shape index (κ1) is 22.1. The molecule has 1 aliphatic rings. The van der Waals surface area contributed by atoms with E-state index in [9.17, 15) is 14.4 Å². The zero-order valence-corrected chi connectivity index (χ0v) is 18.6. The van der Waals surface area contributed by atoms with Crippen LogP contribution >= 0.6 is 11.6 Å². The molecule has 7 nitrogen and oxygen atoms in total. The molecular formula is C25H20ClN3O4. The molecule has 2 N–H and O–H groups in total. The first-order valence-electron chi connectivity index (χ1n) is 10.1. The van der Waals surface area contributed by atoms with E-state index in [1.165, 1.54) is 7.11 Å². The summed E-state index contributed by atoms with van der Waals surface area (Å²) in [4.78, 5) is 39.5. The molecule has 166 valence electrons. The first-order chi connectivity index (χ1) is 15.9. The molecule has 0 aromatic heterocycles. The van der Waals surface area contributed by atoms with Crippen LogP contribution in [0.3, 0.4) is 0 Å². The maximum atomic E-state index is 13.0. The van der Waals surface area contributed by atoms with Crippen molar-refractivity contribution in [1.29, 1.82) is 0 Å². The number of imide groups is 1. The smallest absolute Gasteiger partial charge is 0.283 e. The molecule has 0 unspecified atom stereocenters. The van der Waals surface area contributed by atoms with Gasteiger partial charge in [0.2, 0.25) is 0 Å². The highest BCUT2D eigenvalue weighted by Crippen LogP contribution is 2.32. The molecule has 0 saturated carbocycles. The third kappa shape index (κ3) is 4.31. The second-order valence-corrected chi connectivity index (χ2v) is 7.66. The van der Waals surface area contributed by atoms with E-state index in [0.717, 1.165) is 10.5 Å². The summed E-state index contributed by atoms with van der Waals surface area (Å²) in [5, 5.41) is 5.49. The van der Waals surface area contributed by atoms with E-state index >= 15 is 0 Å². The molecule has 0 aliphatic carbocycles. The molecule has 1 heterocycles. The fraction of sp³-hybridized carbons (Fsp3) is 0.0800. The van der Waals surface area contributed by atoms with E-state index in [2.05, 4.69) is 10.6 Å². The zero-order valence-electron chi connectivity index (χ0n) is 17.9. The van der Waals surface area contributed by atoms with Crippen LogP contribution in [-0.4, -0.2) is 24.8 Å². The Hall–Kier alpha value is -4.10. The normalized spacial score (nSPS) is 13.4. The number of para-hydroxylation sites is 3. The summed E-state index contributed by atoms with van der Waals surface area (Å²) < 4.78 is 5.26. The van der Waals surface area contributed by atoms with Gasteiger partial charge in [-0.3, -0.25) is 14.4 Å². The Morgan fingerprint density at radius 2 is 1.67 bits per heavy atom. The minimum absolute atomic E-state index is 0.0489. The van der Waals surface area contributed by atoms with Gasteiger partial charge in [-0.25, -0.2) is 4.90 Å². The molecule has 0 spiro atoms. The number of aryl methyl sites for hydroxylation is 1. The summed E-state index contributed by atoms with van der Waals surface area (Å²) in [6.45, 7) is 1.80. The van der Waals surface area contributed by atoms with Crippen LogP contribution < -0.4 is 20.3 Å². The Morgan fingerprint density at radius 3 is 2.42 bits per heavy atom. The number of hydrogen-bond donors (Lipinski definition) is 2. The first-order valence-corrected chi connectivity index (χ1v) is 10.4. The second kappa shape index (κ2) is 9.18. The van der Waals surface area contributed by atoms with Crippen molar-refractivity contribution < 1.29 is 19.1 Å². The molecule has 3 amide bonds. The number of methoxy groups -OCH3 is 1. The molecule has 1 aliphatic heterocycles. The standard InChI is InChI=1S/C25H20ClN3O4/c1-15-8-3-5-12-19(15)29-24(31)21(26)22(25(29)32)27-17-10-7-9-16(14-17)23(30)28-18-11-4-6-13-20(18)33-2/h3-14,27H,1-2H3,(H,28,30). The van der Waals surface area contributed by atoms with Crippen molar-refractivity contribution in [2.45, 2.75) is 6.92 Å². The fourth-order valence-electron chi connectivity index (χ4n) is 3.47. The molecule has 3 aromatic rings. The molecule has 0 saturated heterocycles. The lowest BCUT2D eigenvalue weighted by Gasteiger charge is -2.17. The maximum absolute atomic E-state index is 13.0. The van der Waals surface area contributed by atoms with Crippen molar-refractivity contribution in [3.8, 4) is 5.75 Å². The average molecular weight is 462 g/mol. The number of halogens is 1. The summed E-state index contributed by atoms with van der Waals surface area (Å²) >= 11 is 6.23. The Labute approximate surface area is 195 Å². The van der Waals surface area contributed by atoms with Crippen LogP contribution in [0.2, 0.25) is 0 Å². The van der Waals surface area contributed by atoms with Crippen LogP contribution in [0.1, 0.15) is 15.9 Å². The van der Waals surface area contributed by atoms with Gasteiger partial charge in [0.05, 0.1) is 18.5 Å². The molecular weight excluding hydrogens is 442 g/mol. The van der Waals surface area contributed by atoms with E-state index in [1.54, 1.807) is 73.7 Å². The van der Waals surface area contributed by atoms with Crippen LogP contribution in [0.4, 0.5) is 17.1 Å². The minimum atomic E-state index is -0.608. The summed E-state index contributed by atoms with van der Waals surface area (Å²) in [5.74, 6) is -1.01. The predicted molar refractivity (Wildman–Crippen MR) is 128 cm³/mol. The zero-order chi connectivity index (χ0) is 23.5. The monoisotopic (exact) mass is 461 g/mol. The number of nitrogens with one attached hydrogen (secondary N) is 2. The molecule has 33 heavy (non-hydrogen) atoms. The van der Waals surface area contributed by atoms with Gasteiger partial charge in [0, 0.05) is 11.3 Å². The van der Waals surface area contributed by atoms with E-state index in [0.29, 0.717) is 28.4 Å². The summed E-state index contributed by atoms with van der Waals surface area (Å²) in [6.07, 6.45) is 0. The van der Waals surface area contributed by atoms with Crippen molar-refractivity contribution in [3.05, 3.63) is 94.7 Å². The number of anilines is 3.